The highest BCUT2D eigenvalue weighted by Gasteiger charge is 2.16. The predicted molar refractivity (Wildman–Crippen MR) is 129 cm³/mol. The van der Waals surface area contributed by atoms with Gasteiger partial charge in [-0.2, -0.15) is 0 Å². The molecule has 0 spiro atoms. The van der Waals surface area contributed by atoms with Crippen LogP contribution in [0.15, 0.2) is 101 Å². The lowest BCUT2D eigenvalue weighted by atomic mass is 10.2. The minimum absolute atomic E-state index is 0.828. The molecule has 0 fully saturated rings. The molecule has 0 bridgehead atoms. The molecule has 1 N–H and O–H groups in total. The summed E-state index contributed by atoms with van der Waals surface area (Å²) in [6.07, 6.45) is 0. The highest BCUT2D eigenvalue weighted by molar-refractivity contribution is 7.99. The third kappa shape index (κ3) is 4.65. The molecule has 0 aliphatic rings. The van der Waals surface area contributed by atoms with Crippen molar-refractivity contribution in [3.63, 3.8) is 0 Å². The number of hydrogen-bond acceptors (Lipinski definition) is 5. The average Bonchev–Trinajstić information content (AvgIpc) is 3.30. The van der Waals surface area contributed by atoms with E-state index < -0.39 is 0 Å². The highest BCUT2D eigenvalue weighted by atomic mass is 32.2. The van der Waals surface area contributed by atoms with Gasteiger partial charge in [0.15, 0.2) is 0 Å². The molecular formula is C25H20N4S2. The summed E-state index contributed by atoms with van der Waals surface area (Å²) in [7, 11) is 0. The number of fused-ring (bicyclic) bond motifs is 1. The first kappa shape index (κ1) is 19.8. The van der Waals surface area contributed by atoms with Crippen molar-refractivity contribution in [1.29, 1.82) is 0 Å². The quantitative estimate of drug-likeness (QED) is 0.289. The van der Waals surface area contributed by atoms with E-state index in [1.165, 1.54) is 11.1 Å². The Kier molecular flexibility index (Phi) is 6.00. The zero-order chi connectivity index (χ0) is 20.9. The van der Waals surface area contributed by atoms with E-state index >= 15 is 0 Å². The number of thioether (sulfide) groups is 2. The number of hydrogen-bond donors (Lipinski definition) is 1. The molecule has 0 radical (unpaired) electrons. The SMILES string of the molecule is c1ccc(CSc2nnc(SCc3ccccc3)c3[nH]c(-c4ccccc4)nc23)cc1. The normalized spacial score (nSPS) is 11.1. The van der Waals surface area contributed by atoms with Crippen molar-refractivity contribution < 1.29 is 0 Å². The molecule has 0 atom stereocenters. The van der Waals surface area contributed by atoms with Gasteiger partial charge >= 0.3 is 0 Å². The van der Waals surface area contributed by atoms with Gasteiger partial charge in [-0.25, -0.2) is 4.98 Å². The first-order valence-electron chi connectivity index (χ1n) is 10.0. The molecule has 152 valence electrons. The second kappa shape index (κ2) is 9.37. The third-order valence-electron chi connectivity index (χ3n) is 4.84. The second-order valence-electron chi connectivity index (χ2n) is 7.03. The summed E-state index contributed by atoms with van der Waals surface area (Å²) in [5.41, 5.74) is 5.39. The molecule has 5 rings (SSSR count). The average molecular weight is 441 g/mol. The molecule has 4 nitrogen and oxygen atoms in total. The van der Waals surface area contributed by atoms with Crippen molar-refractivity contribution in [2.24, 2.45) is 0 Å². The van der Waals surface area contributed by atoms with Crippen LogP contribution in [-0.4, -0.2) is 20.2 Å². The standard InChI is InChI=1S/C25H20N4S2/c1-4-10-18(11-5-1)16-30-24-21-22(27-23(26-21)20-14-8-3-9-15-20)25(29-28-24)31-17-19-12-6-2-7-13-19/h1-15H,16-17H2,(H,26,27). The topological polar surface area (TPSA) is 54.5 Å². The fraction of sp³-hybridized carbons (Fsp3) is 0.0800. The minimum Gasteiger partial charge on any atom is -0.336 e. The maximum absolute atomic E-state index is 4.92. The van der Waals surface area contributed by atoms with Crippen molar-refractivity contribution in [1.82, 2.24) is 20.2 Å². The largest absolute Gasteiger partial charge is 0.336 e. The number of aromatic amines is 1. The van der Waals surface area contributed by atoms with Crippen LogP contribution in [0.3, 0.4) is 0 Å². The summed E-state index contributed by atoms with van der Waals surface area (Å²) < 4.78 is 0. The number of aromatic nitrogens is 4. The summed E-state index contributed by atoms with van der Waals surface area (Å²) in [5.74, 6) is 2.50. The third-order valence-corrected chi connectivity index (χ3v) is 6.90. The number of imidazole rings is 1. The number of rotatable bonds is 7. The van der Waals surface area contributed by atoms with Crippen LogP contribution >= 0.6 is 23.5 Å². The van der Waals surface area contributed by atoms with Gasteiger partial charge in [0.1, 0.15) is 26.9 Å². The van der Waals surface area contributed by atoms with Crippen LogP contribution in [0.5, 0.6) is 0 Å². The number of H-pyrrole nitrogens is 1. The lowest BCUT2D eigenvalue weighted by molar-refractivity contribution is 0.879. The fourth-order valence-electron chi connectivity index (χ4n) is 3.25. The number of nitrogens with zero attached hydrogens (tertiary/aromatic N) is 3. The van der Waals surface area contributed by atoms with E-state index in [-0.39, 0.29) is 0 Å². The first-order chi connectivity index (χ1) is 15.4. The van der Waals surface area contributed by atoms with Crippen LogP contribution in [-0.2, 0) is 11.5 Å². The predicted octanol–water partition coefficient (Wildman–Crippen LogP) is 6.60. The van der Waals surface area contributed by atoms with E-state index in [4.69, 9.17) is 4.98 Å². The van der Waals surface area contributed by atoms with E-state index in [9.17, 15) is 0 Å². The molecule has 0 aliphatic carbocycles. The van der Waals surface area contributed by atoms with Gasteiger partial charge in [0.25, 0.3) is 0 Å². The van der Waals surface area contributed by atoms with Crippen molar-refractivity contribution in [2.75, 3.05) is 0 Å². The Morgan fingerprint density at radius 3 is 1.74 bits per heavy atom. The van der Waals surface area contributed by atoms with Crippen LogP contribution < -0.4 is 0 Å². The maximum Gasteiger partial charge on any atom is 0.147 e. The molecule has 0 saturated heterocycles. The number of benzene rings is 3. The molecular weight excluding hydrogens is 420 g/mol. The smallest absolute Gasteiger partial charge is 0.147 e. The molecule has 2 heterocycles. The molecule has 2 aromatic heterocycles. The highest BCUT2D eigenvalue weighted by Crippen LogP contribution is 2.34. The van der Waals surface area contributed by atoms with Crippen LogP contribution in [0, 0.1) is 0 Å². The van der Waals surface area contributed by atoms with Gasteiger partial charge in [-0.15, -0.1) is 10.2 Å². The van der Waals surface area contributed by atoms with Crippen LogP contribution in [0.1, 0.15) is 11.1 Å². The molecule has 31 heavy (non-hydrogen) atoms. The van der Waals surface area contributed by atoms with Crippen LogP contribution in [0.25, 0.3) is 22.4 Å². The first-order valence-corrected chi connectivity index (χ1v) is 12.0. The molecule has 0 aliphatic heterocycles. The summed E-state index contributed by atoms with van der Waals surface area (Å²) in [6.45, 7) is 0. The van der Waals surface area contributed by atoms with Gasteiger partial charge in [0, 0.05) is 17.1 Å². The van der Waals surface area contributed by atoms with E-state index in [2.05, 4.69) is 75.8 Å². The fourth-order valence-corrected chi connectivity index (χ4v) is 5.02. The zero-order valence-corrected chi connectivity index (χ0v) is 18.4. The van der Waals surface area contributed by atoms with Crippen molar-refractivity contribution in [2.45, 2.75) is 21.6 Å². The van der Waals surface area contributed by atoms with Gasteiger partial charge in [0.05, 0.1) is 0 Å². The van der Waals surface area contributed by atoms with E-state index in [1.807, 2.05) is 30.3 Å². The molecule has 0 saturated carbocycles. The van der Waals surface area contributed by atoms with E-state index in [1.54, 1.807) is 23.5 Å². The summed E-state index contributed by atoms with van der Waals surface area (Å²) in [5, 5.41) is 10.8. The molecule has 5 aromatic rings. The summed E-state index contributed by atoms with van der Waals surface area (Å²) in [4.78, 5) is 8.43. The minimum atomic E-state index is 0.828. The molecule has 0 unspecified atom stereocenters. The van der Waals surface area contributed by atoms with E-state index in [0.29, 0.717) is 0 Å². The lowest BCUT2D eigenvalue weighted by Gasteiger charge is -2.05. The Labute approximate surface area is 189 Å². The molecule has 6 heteroatoms. The van der Waals surface area contributed by atoms with Crippen LogP contribution in [0.2, 0.25) is 0 Å². The summed E-state index contributed by atoms with van der Waals surface area (Å²) >= 11 is 3.35. The molecule has 0 amide bonds. The van der Waals surface area contributed by atoms with Crippen molar-refractivity contribution in [3.8, 4) is 11.4 Å². The molecule has 3 aromatic carbocycles. The van der Waals surface area contributed by atoms with Crippen molar-refractivity contribution in [3.05, 3.63) is 102 Å². The maximum atomic E-state index is 4.92. The van der Waals surface area contributed by atoms with E-state index in [0.717, 1.165) is 44.0 Å². The monoisotopic (exact) mass is 440 g/mol. The lowest BCUT2D eigenvalue weighted by Crippen LogP contribution is -1.93. The Hall–Kier alpha value is -3.09. The Bertz CT molecular complexity index is 1190. The Balaban J connectivity index is 1.49. The van der Waals surface area contributed by atoms with Gasteiger partial charge < -0.3 is 4.98 Å². The Morgan fingerprint density at radius 2 is 1.13 bits per heavy atom. The van der Waals surface area contributed by atoms with Gasteiger partial charge in [-0.05, 0) is 11.1 Å². The zero-order valence-electron chi connectivity index (χ0n) is 16.7. The Morgan fingerprint density at radius 1 is 0.613 bits per heavy atom. The van der Waals surface area contributed by atoms with Crippen molar-refractivity contribution >= 4 is 34.6 Å². The van der Waals surface area contributed by atoms with Crippen LogP contribution in [0.4, 0.5) is 0 Å². The summed E-state index contributed by atoms with van der Waals surface area (Å²) in [6, 6.07) is 31.0. The van der Waals surface area contributed by atoms with Gasteiger partial charge in [0.2, 0.25) is 0 Å². The number of nitrogens with one attached hydrogen (secondary N) is 1. The van der Waals surface area contributed by atoms with Gasteiger partial charge in [-0.3, -0.25) is 0 Å². The van der Waals surface area contributed by atoms with Gasteiger partial charge in [-0.1, -0.05) is 115 Å². The second-order valence-corrected chi connectivity index (χ2v) is 8.96.